The SMILES string of the molecule is COP(=O)(O)OC[C@@H]1CC[C@H](n2ccc(N)nc2=O)O1. The lowest BCUT2D eigenvalue weighted by atomic mass is 10.2. The third kappa shape index (κ3) is 3.65. The first-order valence-corrected chi connectivity index (χ1v) is 7.44. The van der Waals surface area contributed by atoms with Crippen molar-refractivity contribution in [3.8, 4) is 0 Å². The van der Waals surface area contributed by atoms with E-state index in [0.29, 0.717) is 12.8 Å². The molecule has 9 nitrogen and oxygen atoms in total. The molecule has 0 aromatic carbocycles. The van der Waals surface area contributed by atoms with Gasteiger partial charge in [0.15, 0.2) is 0 Å². The molecule has 10 heteroatoms. The van der Waals surface area contributed by atoms with E-state index in [1.54, 1.807) is 0 Å². The molecule has 0 saturated carbocycles. The van der Waals surface area contributed by atoms with Crippen molar-refractivity contribution in [2.45, 2.75) is 25.2 Å². The van der Waals surface area contributed by atoms with E-state index in [4.69, 9.17) is 19.9 Å². The quantitative estimate of drug-likeness (QED) is 0.742. The van der Waals surface area contributed by atoms with Gasteiger partial charge in [0.05, 0.1) is 12.7 Å². The van der Waals surface area contributed by atoms with Crippen LogP contribution in [0, 0.1) is 0 Å². The third-order valence-electron chi connectivity index (χ3n) is 2.90. The second kappa shape index (κ2) is 6.02. The number of rotatable bonds is 5. The topological polar surface area (TPSA) is 126 Å². The molecule has 112 valence electrons. The van der Waals surface area contributed by atoms with Crippen LogP contribution in [0.3, 0.4) is 0 Å². The Morgan fingerprint density at radius 2 is 2.40 bits per heavy atom. The molecule has 2 heterocycles. The van der Waals surface area contributed by atoms with Crippen LogP contribution in [0.25, 0.3) is 0 Å². The van der Waals surface area contributed by atoms with Crippen LogP contribution in [-0.4, -0.2) is 34.3 Å². The minimum atomic E-state index is -4.01. The zero-order chi connectivity index (χ0) is 14.8. The summed E-state index contributed by atoms with van der Waals surface area (Å²) in [5, 5.41) is 0. The summed E-state index contributed by atoms with van der Waals surface area (Å²) in [6, 6.07) is 1.50. The zero-order valence-electron chi connectivity index (χ0n) is 10.8. The number of nitrogens with two attached hydrogens (primary N) is 1. The number of aromatic nitrogens is 2. The molecular formula is C10H16N3O6P. The maximum absolute atomic E-state index is 11.7. The van der Waals surface area contributed by atoms with E-state index in [0.717, 1.165) is 7.11 Å². The van der Waals surface area contributed by atoms with Crippen LogP contribution >= 0.6 is 7.82 Å². The minimum absolute atomic E-state index is 0.0880. The molecule has 1 fully saturated rings. The predicted molar refractivity (Wildman–Crippen MR) is 68.8 cm³/mol. The first-order chi connectivity index (χ1) is 9.41. The highest BCUT2D eigenvalue weighted by atomic mass is 31.2. The predicted octanol–water partition coefficient (Wildman–Crippen LogP) is 0.266. The summed E-state index contributed by atoms with van der Waals surface area (Å²) in [4.78, 5) is 24.4. The molecule has 0 spiro atoms. The lowest BCUT2D eigenvalue weighted by Crippen LogP contribution is -2.27. The summed E-state index contributed by atoms with van der Waals surface area (Å²) in [6.45, 7) is -0.0880. The van der Waals surface area contributed by atoms with Gasteiger partial charge in [-0.1, -0.05) is 0 Å². The van der Waals surface area contributed by atoms with Crippen molar-refractivity contribution >= 4 is 13.6 Å². The molecule has 1 aromatic heterocycles. The van der Waals surface area contributed by atoms with Gasteiger partial charge in [-0.05, 0) is 18.9 Å². The second-order valence-corrected chi connectivity index (χ2v) is 5.84. The van der Waals surface area contributed by atoms with E-state index in [9.17, 15) is 9.36 Å². The number of phosphoric ester groups is 1. The largest absolute Gasteiger partial charge is 0.472 e. The molecule has 1 saturated heterocycles. The molecule has 1 aromatic rings. The first-order valence-electron chi connectivity index (χ1n) is 5.94. The fourth-order valence-electron chi connectivity index (χ4n) is 1.89. The van der Waals surface area contributed by atoms with Crippen molar-refractivity contribution < 1.29 is 23.2 Å². The minimum Gasteiger partial charge on any atom is -0.383 e. The summed E-state index contributed by atoms with van der Waals surface area (Å²) in [6.07, 6.45) is 1.79. The lowest BCUT2D eigenvalue weighted by Gasteiger charge is -2.16. The average molecular weight is 305 g/mol. The zero-order valence-corrected chi connectivity index (χ0v) is 11.7. The average Bonchev–Trinajstić information content (AvgIpc) is 2.85. The summed E-state index contributed by atoms with van der Waals surface area (Å²) in [7, 11) is -2.93. The number of ether oxygens (including phenoxy) is 1. The summed E-state index contributed by atoms with van der Waals surface area (Å²) >= 11 is 0. The first kappa shape index (κ1) is 15.1. The van der Waals surface area contributed by atoms with Crippen LogP contribution in [-0.2, 0) is 18.3 Å². The normalized spacial score (nSPS) is 25.5. The lowest BCUT2D eigenvalue weighted by molar-refractivity contribution is -0.0250. The molecule has 0 bridgehead atoms. The molecule has 1 aliphatic heterocycles. The second-order valence-electron chi connectivity index (χ2n) is 4.28. The number of anilines is 1. The highest BCUT2D eigenvalue weighted by Crippen LogP contribution is 2.43. The fraction of sp³-hybridized carbons (Fsp3) is 0.600. The van der Waals surface area contributed by atoms with E-state index in [1.165, 1.54) is 16.8 Å². The van der Waals surface area contributed by atoms with Crippen molar-refractivity contribution in [2.24, 2.45) is 0 Å². The van der Waals surface area contributed by atoms with Gasteiger partial charge >= 0.3 is 13.5 Å². The summed E-state index contributed by atoms with van der Waals surface area (Å²) in [5.41, 5.74) is 4.91. The van der Waals surface area contributed by atoms with Gasteiger partial charge in [-0.2, -0.15) is 4.98 Å². The molecule has 0 aliphatic carbocycles. The Bertz CT molecular complexity index is 576. The Balaban J connectivity index is 1.95. The van der Waals surface area contributed by atoms with E-state index in [2.05, 4.69) is 9.51 Å². The highest BCUT2D eigenvalue weighted by molar-refractivity contribution is 7.47. The third-order valence-corrected chi connectivity index (χ3v) is 3.84. The van der Waals surface area contributed by atoms with Gasteiger partial charge in [0, 0.05) is 13.3 Å². The van der Waals surface area contributed by atoms with Gasteiger partial charge in [-0.15, -0.1) is 0 Å². The Kier molecular flexibility index (Phi) is 4.56. The van der Waals surface area contributed by atoms with Crippen LogP contribution in [0.15, 0.2) is 17.1 Å². The Morgan fingerprint density at radius 3 is 3.05 bits per heavy atom. The number of hydrogen-bond acceptors (Lipinski definition) is 7. The number of nitrogens with zero attached hydrogens (tertiary/aromatic N) is 2. The van der Waals surface area contributed by atoms with Gasteiger partial charge in [-0.25, -0.2) is 9.36 Å². The number of hydrogen-bond donors (Lipinski definition) is 2. The van der Waals surface area contributed by atoms with Crippen molar-refractivity contribution in [1.29, 1.82) is 0 Å². The molecule has 1 aliphatic rings. The van der Waals surface area contributed by atoms with Crippen molar-refractivity contribution in [3.63, 3.8) is 0 Å². The van der Waals surface area contributed by atoms with E-state index in [1.807, 2.05) is 0 Å². The van der Waals surface area contributed by atoms with Crippen LogP contribution in [0.4, 0.5) is 5.82 Å². The molecule has 0 amide bonds. The van der Waals surface area contributed by atoms with Gasteiger partial charge in [0.1, 0.15) is 12.0 Å². The van der Waals surface area contributed by atoms with Crippen LogP contribution in [0.5, 0.6) is 0 Å². The summed E-state index contributed by atoms with van der Waals surface area (Å²) in [5.74, 6) is 0.144. The van der Waals surface area contributed by atoms with E-state index in [-0.39, 0.29) is 18.5 Å². The maximum Gasteiger partial charge on any atom is 0.472 e. The molecule has 3 N–H and O–H groups in total. The smallest absolute Gasteiger partial charge is 0.383 e. The fourth-order valence-corrected chi connectivity index (χ4v) is 2.35. The molecule has 1 unspecified atom stereocenters. The molecule has 20 heavy (non-hydrogen) atoms. The Morgan fingerprint density at radius 1 is 1.65 bits per heavy atom. The van der Waals surface area contributed by atoms with Crippen molar-refractivity contribution in [1.82, 2.24) is 9.55 Å². The van der Waals surface area contributed by atoms with Gasteiger partial charge < -0.3 is 15.4 Å². The molecular weight excluding hydrogens is 289 g/mol. The van der Waals surface area contributed by atoms with Crippen molar-refractivity contribution in [2.75, 3.05) is 19.5 Å². The number of nitrogen functional groups attached to an aromatic ring is 1. The van der Waals surface area contributed by atoms with Crippen LogP contribution in [0.1, 0.15) is 19.1 Å². The standard InChI is InChI=1S/C10H16N3O6P/c1-17-20(15,16)18-6-7-2-3-9(19-7)13-5-4-8(11)12-10(13)14/h4-5,7,9H,2-3,6H2,1H3,(H,15,16)(H2,11,12,14)/t7-,9+/m0/s1. The Labute approximate surface area is 114 Å². The van der Waals surface area contributed by atoms with Gasteiger partial charge in [-0.3, -0.25) is 13.6 Å². The van der Waals surface area contributed by atoms with Gasteiger partial charge in [0.25, 0.3) is 0 Å². The van der Waals surface area contributed by atoms with E-state index >= 15 is 0 Å². The molecule has 2 rings (SSSR count). The highest BCUT2D eigenvalue weighted by Gasteiger charge is 2.30. The number of phosphoric acid groups is 1. The Hall–Kier alpha value is -1.25. The summed E-state index contributed by atoms with van der Waals surface area (Å²) < 4.78 is 27.1. The van der Waals surface area contributed by atoms with E-state index < -0.39 is 19.7 Å². The van der Waals surface area contributed by atoms with Crippen LogP contribution in [0.2, 0.25) is 0 Å². The monoisotopic (exact) mass is 305 g/mol. The van der Waals surface area contributed by atoms with Crippen molar-refractivity contribution in [3.05, 3.63) is 22.7 Å². The van der Waals surface area contributed by atoms with Gasteiger partial charge in [0.2, 0.25) is 0 Å². The maximum atomic E-state index is 11.7. The molecule has 3 atom stereocenters. The molecule has 0 radical (unpaired) electrons. The van der Waals surface area contributed by atoms with Crippen LogP contribution < -0.4 is 11.4 Å².